The highest BCUT2D eigenvalue weighted by Gasteiger charge is 2.42. The van der Waals surface area contributed by atoms with Crippen molar-refractivity contribution in [2.24, 2.45) is 0 Å². The third-order valence-electron chi connectivity index (χ3n) is 11.6. The topological polar surface area (TPSA) is 56.3 Å². The van der Waals surface area contributed by atoms with Gasteiger partial charge in [0, 0.05) is 57.2 Å². The van der Waals surface area contributed by atoms with Crippen molar-refractivity contribution in [2.45, 2.75) is 91.4 Å². The first-order valence-corrected chi connectivity index (χ1v) is 19.8. The Morgan fingerprint density at radius 2 is 1.45 bits per heavy atom. The third kappa shape index (κ3) is 5.68. The summed E-state index contributed by atoms with van der Waals surface area (Å²) < 4.78 is 16.1. The molecule has 56 heavy (non-hydrogen) atoms. The second-order valence-corrected chi connectivity index (χ2v) is 18.2. The SMILES string of the molecule is CC(C)c1ccc(N2c3ncccc3C(C)(C)c3c2oc2ccc(C(C)(C)C)cc32)cc1Oc1ccc2c3ccccc3n(-c3ccc(C(C)(C)C)cn3)c2c1. The number of aromatic nitrogens is 3. The van der Waals surface area contributed by atoms with E-state index in [0.717, 1.165) is 78.8 Å². The van der Waals surface area contributed by atoms with E-state index in [4.69, 9.17) is 19.1 Å². The highest BCUT2D eigenvalue weighted by molar-refractivity contribution is 6.09. The predicted octanol–water partition coefficient (Wildman–Crippen LogP) is 13.9. The summed E-state index contributed by atoms with van der Waals surface area (Å²) in [4.78, 5) is 12.2. The number of para-hydroxylation sites is 1. The maximum atomic E-state index is 6.98. The van der Waals surface area contributed by atoms with Gasteiger partial charge in [-0.05, 0) is 82.0 Å². The summed E-state index contributed by atoms with van der Waals surface area (Å²) in [6.45, 7) is 22.4. The number of hydrogen-bond acceptors (Lipinski definition) is 5. The number of pyridine rings is 2. The zero-order valence-electron chi connectivity index (χ0n) is 34.2. The quantitative estimate of drug-likeness (QED) is 0.176. The molecule has 6 nitrogen and oxygen atoms in total. The molecule has 0 amide bonds. The number of anilines is 3. The number of hydrogen-bond donors (Lipinski definition) is 0. The van der Waals surface area contributed by atoms with Crippen LogP contribution < -0.4 is 9.64 Å². The zero-order valence-corrected chi connectivity index (χ0v) is 34.2. The molecule has 0 fully saturated rings. The van der Waals surface area contributed by atoms with E-state index >= 15 is 0 Å². The van der Waals surface area contributed by atoms with E-state index in [2.05, 4.69) is 176 Å². The van der Waals surface area contributed by atoms with Crippen LogP contribution >= 0.6 is 0 Å². The van der Waals surface area contributed by atoms with Crippen LogP contribution in [0.25, 0.3) is 38.6 Å². The molecule has 282 valence electrons. The van der Waals surface area contributed by atoms with E-state index in [-0.39, 0.29) is 22.2 Å². The van der Waals surface area contributed by atoms with E-state index in [1.54, 1.807) is 0 Å². The van der Waals surface area contributed by atoms with Crippen molar-refractivity contribution >= 4 is 50.2 Å². The molecule has 0 atom stereocenters. The van der Waals surface area contributed by atoms with Gasteiger partial charge in [-0.25, -0.2) is 9.97 Å². The van der Waals surface area contributed by atoms with Gasteiger partial charge in [-0.15, -0.1) is 0 Å². The van der Waals surface area contributed by atoms with E-state index in [9.17, 15) is 0 Å². The molecule has 6 heteroatoms. The van der Waals surface area contributed by atoms with Gasteiger partial charge in [0.2, 0.25) is 5.88 Å². The fourth-order valence-corrected chi connectivity index (χ4v) is 8.42. The van der Waals surface area contributed by atoms with Gasteiger partial charge in [-0.3, -0.25) is 9.47 Å². The first-order chi connectivity index (χ1) is 26.6. The first-order valence-electron chi connectivity index (χ1n) is 19.8. The Balaban J connectivity index is 1.19. The van der Waals surface area contributed by atoms with E-state index < -0.39 is 0 Å². The summed E-state index contributed by atoms with van der Waals surface area (Å²) in [6, 6.07) is 36.6. The van der Waals surface area contributed by atoms with Crippen LogP contribution in [0.15, 0.2) is 120 Å². The first kappa shape index (κ1) is 35.8. The van der Waals surface area contributed by atoms with Crippen LogP contribution in [-0.4, -0.2) is 14.5 Å². The van der Waals surface area contributed by atoms with Crippen LogP contribution in [0.3, 0.4) is 0 Å². The Labute approximate surface area is 329 Å². The summed E-state index contributed by atoms with van der Waals surface area (Å²) in [5.74, 6) is 4.30. The number of ether oxygens (including phenoxy) is 1. The van der Waals surface area contributed by atoms with Crippen molar-refractivity contribution < 1.29 is 9.15 Å². The summed E-state index contributed by atoms with van der Waals surface area (Å²) in [5.41, 5.74) is 9.52. The highest BCUT2D eigenvalue weighted by atomic mass is 16.5. The Morgan fingerprint density at radius 3 is 2.18 bits per heavy atom. The molecular weight excluding hydrogens is 689 g/mol. The van der Waals surface area contributed by atoms with Gasteiger partial charge in [-0.1, -0.05) is 112 Å². The summed E-state index contributed by atoms with van der Waals surface area (Å²) in [5, 5.41) is 3.47. The molecule has 0 aliphatic carbocycles. The van der Waals surface area contributed by atoms with Gasteiger partial charge in [0.05, 0.1) is 16.7 Å². The number of benzene rings is 4. The van der Waals surface area contributed by atoms with Crippen molar-refractivity contribution in [3.8, 4) is 17.3 Å². The molecule has 0 bridgehead atoms. The second kappa shape index (κ2) is 12.6. The second-order valence-electron chi connectivity index (χ2n) is 18.2. The molecule has 1 aliphatic heterocycles. The fraction of sp³-hybridized carbons (Fsp3) is 0.280. The number of rotatable bonds is 5. The smallest absolute Gasteiger partial charge is 0.211 e. The van der Waals surface area contributed by atoms with Gasteiger partial charge < -0.3 is 9.15 Å². The molecule has 0 N–H and O–H groups in total. The fourth-order valence-electron chi connectivity index (χ4n) is 8.42. The van der Waals surface area contributed by atoms with Gasteiger partial charge in [0.15, 0.2) is 0 Å². The number of fused-ring (bicyclic) bond motifs is 7. The monoisotopic (exact) mass is 738 g/mol. The molecule has 9 rings (SSSR count). The maximum absolute atomic E-state index is 6.98. The molecule has 4 aromatic carbocycles. The van der Waals surface area contributed by atoms with Gasteiger partial charge >= 0.3 is 0 Å². The molecule has 0 spiro atoms. The van der Waals surface area contributed by atoms with Crippen LogP contribution in [-0.2, 0) is 16.2 Å². The molecule has 4 aromatic heterocycles. The Morgan fingerprint density at radius 1 is 0.696 bits per heavy atom. The molecule has 0 saturated heterocycles. The molecule has 1 aliphatic rings. The molecule has 0 unspecified atom stereocenters. The lowest BCUT2D eigenvalue weighted by molar-refractivity contribution is 0.473. The minimum absolute atomic E-state index is 0.00000712. The Hall–Kier alpha value is -5.88. The Kier molecular flexibility index (Phi) is 8.04. The summed E-state index contributed by atoms with van der Waals surface area (Å²) >= 11 is 0. The average Bonchev–Trinajstić information content (AvgIpc) is 3.70. The Bertz CT molecular complexity index is 2810. The normalized spacial score (nSPS) is 14.2. The van der Waals surface area contributed by atoms with E-state index in [1.165, 1.54) is 16.5 Å². The van der Waals surface area contributed by atoms with Crippen LogP contribution in [0.4, 0.5) is 17.4 Å². The molecule has 5 heterocycles. The largest absolute Gasteiger partial charge is 0.457 e. The number of nitrogens with zero attached hydrogens (tertiary/aromatic N) is 4. The van der Waals surface area contributed by atoms with Gasteiger partial charge in [0.1, 0.15) is 28.7 Å². The van der Waals surface area contributed by atoms with Crippen LogP contribution in [0.5, 0.6) is 11.5 Å². The lowest BCUT2D eigenvalue weighted by atomic mass is 9.74. The van der Waals surface area contributed by atoms with Crippen LogP contribution in [0.1, 0.15) is 103 Å². The van der Waals surface area contributed by atoms with Crippen LogP contribution in [0, 0.1) is 0 Å². The molecule has 0 saturated carbocycles. The van der Waals surface area contributed by atoms with Crippen molar-refractivity contribution in [3.63, 3.8) is 0 Å². The maximum Gasteiger partial charge on any atom is 0.211 e. The van der Waals surface area contributed by atoms with Crippen molar-refractivity contribution in [1.82, 2.24) is 14.5 Å². The highest BCUT2D eigenvalue weighted by Crippen LogP contribution is 2.55. The predicted molar refractivity (Wildman–Crippen MR) is 231 cm³/mol. The summed E-state index contributed by atoms with van der Waals surface area (Å²) in [6.07, 6.45) is 3.87. The van der Waals surface area contributed by atoms with Gasteiger partial charge in [-0.2, -0.15) is 0 Å². The lowest BCUT2D eigenvalue weighted by Crippen LogP contribution is -2.30. The van der Waals surface area contributed by atoms with E-state index in [1.807, 2.05) is 18.5 Å². The number of furan rings is 1. The third-order valence-corrected chi connectivity index (χ3v) is 11.6. The standard InChI is InChI=1S/C50H50N4O2/c1-30(2)35-21-19-33(53-46-39(15-13-25-51-46)50(9,10)45-38-26-31(48(3,4)5)17-23-42(38)56-47(45)53)27-43(35)55-34-20-22-37-36-14-11-12-16-40(36)54(41(37)28-34)44-24-18-32(29-52-44)49(6,7)8/h11-30H,1-10H3. The molecule has 0 radical (unpaired) electrons. The molecule has 8 aromatic rings. The van der Waals surface area contributed by atoms with Crippen LogP contribution in [0.2, 0.25) is 0 Å². The summed E-state index contributed by atoms with van der Waals surface area (Å²) in [7, 11) is 0. The average molecular weight is 739 g/mol. The van der Waals surface area contributed by atoms with Crippen molar-refractivity contribution in [3.05, 3.63) is 143 Å². The van der Waals surface area contributed by atoms with Gasteiger partial charge in [0.25, 0.3) is 0 Å². The van der Waals surface area contributed by atoms with E-state index in [0.29, 0.717) is 0 Å². The van der Waals surface area contributed by atoms with Crippen molar-refractivity contribution in [2.75, 3.05) is 4.90 Å². The molecular formula is C50H50N4O2. The minimum atomic E-state index is -0.343. The lowest BCUT2D eigenvalue weighted by Gasteiger charge is -2.38. The minimum Gasteiger partial charge on any atom is -0.457 e. The van der Waals surface area contributed by atoms with Crippen molar-refractivity contribution in [1.29, 1.82) is 0 Å². The zero-order chi connectivity index (χ0) is 39.3.